The van der Waals surface area contributed by atoms with Gasteiger partial charge in [-0.2, -0.15) is 0 Å². The highest BCUT2D eigenvalue weighted by molar-refractivity contribution is 7.80. The number of hydrogen-bond acceptors (Lipinski definition) is 4. The van der Waals surface area contributed by atoms with Gasteiger partial charge < -0.3 is 31.6 Å². The van der Waals surface area contributed by atoms with E-state index in [0.717, 1.165) is 44.9 Å². The topological polar surface area (TPSA) is 94.6 Å². The highest BCUT2D eigenvalue weighted by Crippen LogP contribution is 2.24. The number of nitrogens with two attached hydrogens (primary N) is 2. The second-order valence-electron chi connectivity index (χ2n) is 9.14. The summed E-state index contributed by atoms with van der Waals surface area (Å²) in [5.74, 6) is 1.61. The lowest BCUT2D eigenvalue weighted by Gasteiger charge is -2.15. The molecule has 8 heteroatoms. The fourth-order valence-electron chi connectivity index (χ4n) is 4.06. The summed E-state index contributed by atoms with van der Waals surface area (Å²) in [6.07, 6.45) is 0. The van der Waals surface area contributed by atoms with Crippen molar-refractivity contribution in [1.29, 1.82) is 0 Å². The first kappa shape index (κ1) is 27.9. The molecule has 4 aromatic carbocycles. The summed E-state index contributed by atoms with van der Waals surface area (Å²) in [4.78, 5) is 0. The van der Waals surface area contributed by atoms with Gasteiger partial charge >= 0.3 is 0 Å². The van der Waals surface area contributed by atoms with Crippen molar-refractivity contribution in [1.82, 2.24) is 10.6 Å². The predicted molar refractivity (Wildman–Crippen MR) is 165 cm³/mol. The van der Waals surface area contributed by atoms with E-state index in [-0.39, 0.29) is 16.3 Å². The zero-order valence-electron chi connectivity index (χ0n) is 21.7. The summed E-state index contributed by atoms with van der Waals surface area (Å²) in [5.41, 5.74) is 17.7. The Kier molecular flexibility index (Phi) is 9.72. The molecule has 0 saturated carbocycles. The van der Waals surface area contributed by atoms with Crippen LogP contribution in [-0.2, 0) is 19.8 Å². The van der Waals surface area contributed by atoms with E-state index < -0.39 is 0 Å². The van der Waals surface area contributed by atoms with Crippen molar-refractivity contribution < 1.29 is 9.47 Å². The molecule has 0 aliphatic heterocycles. The van der Waals surface area contributed by atoms with E-state index in [1.807, 2.05) is 55.5 Å². The van der Waals surface area contributed by atoms with Crippen LogP contribution in [0.4, 0.5) is 0 Å². The predicted octanol–water partition coefficient (Wildman–Crippen LogP) is 5.74. The van der Waals surface area contributed by atoms with E-state index in [1.54, 1.807) is 0 Å². The molecular weight excluding hydrogens is 525 g/mol. The Labute approximate surface area is 240 Å². The molecule has 0 fully saturated rings. The first-order chi connectivity index (χ1) is 18.9. The van der Waals surface area contributed by atoms with Gasteiger partial charge in [0.2, 0.25) is 0 Å². The van der Waals surface area contributed by atoms with Crippen LogP contribution in [0.3, 0.4) is 0 Å². The molecule has 1 atom stereocenters. The number of thiocarbonyl (C=S) groups is 2. The Morgan fingerprint density at radius 1 is 0.692 bits per heavy atom. The maximum absolute atomic E-state index is 6.04. The molecule has 39 heavy (non-hydrogen) atoms. The third kappa shape index (κ3) is 8.70. The minimum atomic E-state index is 0.0406. The molecule has 0 aliphatic carbocycles. The Morgan fingerprint density at radius 3 is 1.69 bits per heavy atom. The van der Waals surface area contributed by atoms with Crippen molar-refractivity contribution in [3.05, 3.63) is 119 Å². The lowest BCUT2D eigenvalue weighted by molar-refractivity contribution is 0.306. The molecule has 4 aromatic rings. The minimum Gasteiger partial charge on any atom is -0.489 e. The molecule has 6 N–H and O–H groups in total. The first-order valence-electron chi connectivity index (χ1n) is 12.6. The molecule has 0 aromatic heterocycles. The Morgan fingerprint density at radius 2 is 1.21 bits per heavy atom. The Hall–Kier alpha value is -4.14. The van der Waals surface area contributed by atoms with E-state index >= 15 is 0 Å². The third-order valence-electron chi connectivity index (χ3n) is 6.13. The van der Waals surface area contributed by atoms with Gasteiger partial charge in [-0.25, -0.2) is 0 Å². The molecule has 4 rings (SSSR count). The average molecular weight is 557 g/mol. The summed E-state index contributed by atoms with van der Waals surface area (Å²) < 4.78 is 12.0. The van der Waals surface area contributed by atoms with Crippen LogP contribution in [0.5, 0.6) is 11.5 Å². The zero-order chi connectivity index (χ0) is 27.6. The van der Waals surface area contributed by atoms with Gasteiger partial charge in [0.25, 0.3) is 0 Å². The van der Waals surface area contributed by atoms with Gasteiger partial charge in [0.05, 0.1) is 6.04 Å². The molecule has 0 bridgehead atoms. The van der Waals surface area contributed by atoms with Crippen LogP contribution in [0.1, 0.15) is 35.2 Å². The van der Waals surface area contributed by atoms with Crippen molar-refractivity contribution in [3.8, 4) is 22.6 Å². The van der Waals surface area contributed by atoms with Gasteiger partial charge in [-0.3, -0.25) is 0 Å². The maximum atomic E-state index is 6.04. The van der Waals surface area contributed by atoms with Crippen molar-refractivity contribution in [2.24, 2.45) is 11.5 Å². The van der Waals surface area contributed by atoms with Crippen molar-refractivity contribution in [2.75, 3.05) is 0 Å². The van der Waals surface area contributed by atoms with Crippen LogP contribution in [0.25, 0.3) is 11.1 Å². The maximum Gasteiger partial charge on any atom is 0.164 e. The molecule has 0 aliphatic rings. The number of hydrogen-bond donors (Lipinski definition) is 4. The molecular formula is C31H32N4O2S2. The second-order valence-corrected chi connectivity index (χ2v) is 10.0. The van der Waals surface area contributed by atoms with Crippen LogP contribution in [0.15, 0.2) is 97.1 Å². The van der Waals surface area contributed by atoms with Crippen LogP contribution < -0.4 is 31.6 Å². The monoisotopic (exact) mass is 556 g/mol. The summed E-state index contributed by atoms with van der Waals surface area (Å²) >= 11 is 9.78. The number of benzene rings is 4. The smallest absolute Gasteiger partial charge is 0.164 e. The first-order valence-corrected chi connectivity index (χ1v) is 13.4. The molecule has 0 radical (unpaired) electrons. The van der Waals surface area contributed by atoms with E-state index in [1.165, 1.54) is 0 Å². The fraction of sp³-hybridized carbons (Fsp3) is 0.161. The Balaban J connectivity index is 1.34. The van der Waals surface area contributed by atoms with Gasteiger partial charge in [0.15, 0.2) is 10.2 Å². The van der Waals surface area contributed by atoms with E-state index in [2.05, 4.69) is 59.2 Å². The van der Waals surface area contributed by atoms with Crippen molar-refractivity contribution in [3.63, 3.8) is 0 Å². The highest BCUT2D eigenvalue weighted by Gasteiger charge is 2.07. The number of ether oxygens (including phenoxy) is 2. The Bertz CT molecular complexity index is 1410. The zero-order valence-corrected chi connectivity index (χ0v) is 23.4. The molecule has 0 spiro atoms. The van der Waals surface area contributed by atoms with Crippen LogP contribution in [-0.4, -0.2) is 10.2 Å². The van der Waals surface area contributed by atoms with E-state index in [0.29, 0.717) is 19.8 Å². The highest BCUT2D eigenvalue weighted by atomic mass is 32.1. The summed E-state index contributed by atoms with van der Waals surface area (Å²) in [5, 5.41) is 6.56. The van der Waals surface area contributed by atoms with Crippen LogP contribution in [0, 0.1) is 0 Å². The summed E-state index contributed by atoms with van der Waals surface area (Å²) in [6, 6.07) is 32.6. The molecule has 0 heterocycles. The van der Waals surface area contributed by atoms with Crippen molar-refractivity contribution in [2.45, 2.75) is 32.7 Å². The number of nitrogens with one attached hydrogen (secondary N) is 2. The average Bonchev–Trinajstić information content (AvgIpc) is 2.94. The summed E-state index contributed by atoms with van der Waals surface area (Å²) in [6.45, 7) is 3.55. The van der Waals surface area contributed by atoms with Crippen molar-refractivity contribution >= 4 is 34.7 Å². The van der Waals surface area contributed by atoms with Crippen LogP contribution in [0.2, 0.25) is 0 Å². The van der Waals surface area contributed by atoms with Gasteiger partial charge in [0, 0.05) is 6.54 Å². The van der Waals surface area contributed by atoms with Crippen LogP contribution >= 0.6 is 24.4 Å². The minimum absolute atomic E-state index is 0.0406. The van der Waals surface area contributed by atoms with E-state index in [9.17, 15) is 0 Å². The number of rotatable bonds is 11. The second kappa shape index (κ2) is 13.6. The third-order valence-corrected chi connectivity index (χ3v) is 6.39. The lowest BCUT2D eigenvalue weighted by atomic mass is 10.0. The largest absolute Gasteiger partial charge is 0.489 e. The lowest BCUT2D eigenvalue weighted by Crippen LogP contribution is -2.31. The van der Waals surface area contributed by atoms with Gasteiger partial charge in [-0.1, -0.05) is 60.7 Å². The molecule has 200 valence electrons. The SMILES string of the molecule is CC(NC(N)=S)c1ccc(OCc2cccc(-c3cccc(COc4ccc(CNC(N)=S)cc4)c3)c2)cc1. The van der Waals surface area contributed by atoms with Gasteiger partial charge in [-0.15, -0.1) is 0 Å². The van der Waals surface area contributed by atoms with E-state index in [4.69, 9.17) is 45.4 Å². The van der Waals surface area contributed by atoms with Gasteiger partial charge in [0.1, 0.15) is 24.7 Å². The summed E-state index contributed by atoms with van der Waals surface area (Å²) in [7, 11) is 0. The van der Waals surface area contributed by atoms with Gasteiger partial charge in [-0.05, 0) is 101 Å². The molecule has 0 amide bonds. The molecule has 6 nitrogen and oxygen atoms in total. The fourth-order valence-corrected chi connectivity index (χ4v) is 4.31. The normalized spacial score (nSPS) is 11.3. The molecule has 1 unspecified atom stereocenters. The standard InChI is InChI=1S/C31H32N4O2S2/c1-21(35-31(33)39)25-10-14-29(15-11-25)37-20-24-5-3-7-27(17-24)26-6-2-4-23(16-26)19-36-28-12-8-22(9-13-28)18-34-30(32)38/h2-17,21H,18-20H2,1H3,(H3,32,34,38)(H3,33,35,39). The molecule has 0 saturated heterocycles. The quantitative estimate of drug-likeness (QED) is 0.174.